The lowest BCUT2D eigenvalue weighted by atomic mass is 9.88. The number of guanidine groups is 1. The van der Waals surface area contributed by atoms with Gasteiger partial charge in [-0.1, -0.05) is 18.2 Å². The monoisotopic (exact) mass is 388 g/mol. The smallest absolute Gasteiger partial charge is 0.194 e. The van der Waals surface area contributed by atoms with E-state index in [-0.39, 0.29) is 5.54 Å². The molecule has 2 aliphatic rings. The van der Waals surface area contributed by atoms with Crippen LogP contribution in [0.5, 0.6) is 5.75 Å². The first-order valence-corrected chi connectivity index (χ1v) is 10.6. The third kappa shape index (κ3) is 4.97. The number of nitrogens with zero attached hydrogens (tertiary/aromatic N) is 3. The second-order valence-electron chi connectivity index (χ2n) is 7.87. The summed E-state index contributed by atoms with van der Waals surface area (Å²) < 4.78 is 11.2. The van der Waals surface area contributed by atoms with E-state index in [2.05, 4.69) is 41.2 Å². The number of para-hydroxylation sites is 1. The van der Waals surface area contributed by atoms with Crippen LogP contribution in [-0.4, -0.2) is 74.8 Å². The Kier molecular flexibility index (Phi) is 7.57. The summed E-state index contributed by atoms with van der Waals surface area (Å²) in [4.78, 5) is 9.96. The number of benzene rings is 1. The largest absolute Gasteiger partial charge is 0.496 e. The molecule has 0 saturated carbocycles. The van der Waals surface area contributed by atoms with E-state index in [9.17, 15) is 0 Å². The van der Waals surface area contributed by atoms with Crippen molar-refractivity contribution in [2.75, 3.05) is 53.6 Å². The van der Waals surface area contributed by atoms with Crippen LogP contribution in [0.1, 0.15) is 38.2 Å². The highest BCUT2D eigenvalue weighted by Crippen LogP contribution is 2.31. The van der Waals surface area contributed by atoms with Crippen molar-refractivity contribution < 1.29 is 9.47 Å². The number of likely N-dealkylation sites (tertiary alicyclic amines) is 1. The highest BCUT2D eigenvalue weighted by molar-refractivity contribution is 5.79. The van der Waals surface area contributed by atoms with E-state index >= 15 is 0 Å². The van der Waals surface area contributed by atoms with Crippen molar-refractivity contribution in [3.05, 3.63) is 29.8 Å². The molecule has 156 valence electrons. The molecule has 0 atom stereocenters. The normalized spacial score (nSPS) is 20.2. The van der Waals surface area contributed by atoms with E-state index in [1.165, 1.54) is 31.5 Å². The first-order valence-electron chi connectivity index (χ1n) is 10.6. The van der Waals surface area contributed by atoms with Crippen LogP contribution in [0.25, 0.3) is 0 Å². The maximum Gasteiger partial charge on any atom is 0.194 e. The fourth-order valence-corrected chi connectivity index (χ4v) is 4.37. The SMILES string of the molecule is CCNC(=NCC1(N2CCCC2)CCOCC1)N(C)Cc1ccccc1OC. The minimum absolute atomic E-state index is 0.153. The van der Waals surface area contributed by atoms with Gasteiger partial charge in [-0.15, -0.1) is 0 Å². The molecule has 2 heterocycles. The second-order valence-corrected chi connectivity index (χ2v) is 7.87. The Morgan fingerprint density at radius 1 is 1.25 bits per heavy atom. The van der Waals surface area contributed by atoms with Crippen LogP contribution in [-0.2, 0) is 11.3 Å². The predicted molar refractivity (Wildman–Crippen MR) is 114 cm³/mol. The Morgan fingerprint density at radius 3 is 2.64 bits per heavy atom. The molecule has 0 aliphatic carbocycles. The van der Waals surface area contributed by atoms with Gasteiger partial charge in [-0.05, 0) is 51.8 Å². The van der Waals surface area contributed by atoms with Gasteiger partial charge in [-0.3, -0.25) is 9.89 Å². The number of rotatable bonds is 7. The van der Waals surface area contributed by atoms with E-state index in [0.29, 0.717) is 0 Å². The lowest BCUT2D eigenvalue weighted by molar-refractivity contribution is -0.0139. The van der Waals surface area contributed by atoms with Crippen LogP contribution in [0.15, 0.2) is 29.3 Å². The Hall–Kier alpha value is -1.79. The van der Waals surface area contributed by atoms with Gasteiger partial charge in [-0.25, -0.2) is 0 Å². The summed E-state index contributed by atoms with van der Waals surface area (Å²) in [7, 11) is 3.82. The standard InChI is InChI=1S/C22H36N4O2/c1-4-23-21(25(2)17-19-9-5-6-10-20(19)27-3)24-18-22(11-15-28-16-12-22)26-13-7-8-14-26/h5-6,9-10H,4,7-8,11-18H2,1-3H3,(H,23,24). The number of methoxy groups -OCH3 is 1. The average molecular weight is 389 g/mol. The van der Waals surface area contributed by atoms with Gasteiger partial charge in [0.2, 0.25) is 0 Å². The number of hydrogen-bond acceptors (Lipinski definition) is 4. The highest BCUT2D eigenvalue weighted by atomic mass is 16.5. The molecular weight excluding hydrogens is 352 g/mol. The van der Waals surface area contributed by atoms with Crippen molar-refractivity contribution in [3.8, 4) is 5.75 Å². The molecule has 0 bridgehead atoms. The van der Waals surface area contributed by atoms with Crippen molar-refractivity contribution in [3.63, 3.8) is 0 Å². The summed E-state index contributed by atoms with van der Waals surface area (Å²) in [5.74, 6) is 1.88. The van der Waals surface area contributed by atoms with Gasteiger partial charge < -0.3 is 19.7 Å². The van der Waals surface area contributed by atoms with E-state index in [0.717, 1.165) is 57.4 Å². The molecule has 2 fully saturated rings. The lowest BCUT2D eigenvalue weighted by Crippen LogP contribution is -2.54. The first kappa shape index (κ1) is 20.9. The van der Waals surface area contributed by atoms with Crippen molar-refractivity contribution in [2.24, 2.45) is 4.99 Å². The quantitative estimate of drug-likeness (QED) is 0.575. The van der Waals surface area contributed by atoms with Crippen LogP contribution in [0.4, 0.5) is 0 Å². The zero-order chi connectivity index (χ0) is 19.8. The molecule has 3 rings (SSSR count). The Labute approximate surface area is 169 Å². The fraction of sp³-hybridized carbons (Fsp3) is 0.682. The molecule has 6 heteroatoms. The van der Waals surface area contributed by atoms with Gasteiger partial charge in [0.1, 0.15) is 5.75 Å². The lowest BCUT2D eigenvalue weighted by Gasteiger charge is -2.43. The molecule has 1 aromatic carbocycles. The molecule has 28 heavy (non-hydrogen) atoms. The molecule has 2 aliphatic heterocycles. The Bertz CT molecular complexity index is 637. The number of ether oxygens (including phenoxy) is 2. The zero-order valence-electron chi connectivity index (χ0n) is 17.7. The van der Waals surface area contributed by atoms with Crippen molar-refractivity contribution >= 4 is 5.96 Å². The van der Waals surface area contributed by atoms with Crippen LogP contribution >= 0.6 is 0 Å². The average Bonchev–Trinajstić information content (AvgIpc) is 3.28. The molecule has 1 N–H and O–H groups in total. The number of hydrogen-bond donors (Lipinski definition) is 1. The Balaban J connectivity index is 1.74. The van der Waals surface area contributed by atoms with E-state index in [1.54, 1.807) is 7.11 Å². The van der Waals surface area contributed by atoms with Crippen molar-refractivity contribution in [1.82, 2.24) is 15.1 Å². The minimum Gasteiger partial charge on any atom is -0.496 e. The van der Waals surface area contributed by atoms with Crippen molar-refractivity contribution in [2.45, 2.75) is 44.7 Å². The van der Waals surface area contributed by atoms with E-state index < -0.39 is 0 Å². The maximum absolute atomic E-state index is 5.68. The minimum atomic E-state index is 0.153. The fourth-order valence-electron chi connectivity index (χ4n) is 4.37. The van der Waals surface area contributed by atoms with E-state index in [1.807, 2.05) is 12.1 Å². The maximum atomic E-state index is 5.68. The summed E-state index contributed by atoms with van der Waals surface area (Å²) in [6.45, 7) is 8.65. The Morgan fingerprint density at radius 2 is 1.96 bits per heavy atom. The molecule has 0 unspecified atom stereocenters. The third-order valence-electron chi connectivity index (χ3n) is 6.02. The molecule has 0 aromatic heterocycles. The summed E-state index contributed by atoms with van der Waals surface area (Å²) >= 11 is 0. The van der Waals surface area contributed by atoms with Crippen LogP contribution in [0.3, 0.4) is 0 Å². The van der Waals surface area contributed by atoms with Gasteiger partial charge in [-0.2, -0.15) is 0 Å². The van der Waals surface area contributed by atoms with Crippen LogP contribution in [0, 0.1) is 0 Å². The van der Waals surface area contributed by atoms with Gasteiger partial charge in [0.05, 0.1) is 13.7 Å². The van der Waals surface area contributed by atoms with Crippen LogP contribution in [0.2, 0.25) is 0 Å². The summed E-state index contributed by atoms with van der Waals surface area (Å²) in [5.41, 5.74) is 1.32. The summed E-state index contributed by atoms with van der Waals surface area (Å²) in [6.07, 6.45) is 4.76. The van der Waals surface area contributed by atoms with Gasteiger partial charge in [0.25, 0.3) is 0 Å². The van der Waals surface area contributed by atoms with E-state index in [4.69, 9.17) is 14.5 Å². The summed E-state index contributed by atoms with van der Waals surface area (Å²) in [5, 5.41) is 3.47. The molecule has 2 saturated heterocycles. The zero-order valence-corrected chi connectivity index (χ0v) is 17.7. The molecule has 6 nitrogen and oxygen atoms in total. The topological polar surface area (TPSA) is 49.3 Å². The first-order chi connectivity index (χ1) is 13.7. The predicted octanol–water partition coefficient (Wildman–Crippen LogP) is 2.74. The summed E-state index contributed by atoms with van der Waals surface area (Å²) in [6, 6.07) is 8.19. The number of aliphatic imine (C=N–C) groups is 1. The molecular formula is C22H36N4O2. The van der Waals surface area contributed by atoms with Gasteiger partial charge >= 0.3 is 0 Å². The molecule has 1 aromatic rings. The molecule has 0 radical (unpaired) electrons. The highest BCUT2D eigenvalue weighted by Gasteiger charge is 2.39. The van der Waals surface area contributed by atoms with Gasteiger partial charge in [0.15, 0.2) is 5.96 Å². The molecule has 0 spiro atoms. The number of nitrogens with one attached hydrogen (secondary N) is 1. The second kappa shape index (κ2) is 10.1. The third-order valence-corrected chi connectivity index (χ3v) is 6.02. The van der Waals surface area contributed by atoms with Gasteiger partial charge in [0, 0.05) is 44.5 Å². The van der Waals surface area contributed by atoms with Crippen LogP contribution < -0.4 is 10.1 Å². The molecule has 0 amide bonds. The van der Waals surface area contributed by atoms with Crippen molar-refractivity contribution in [1.29, 1.82) is 0 Å².